The van der Waals surface area contributed by atoms with Crippen molar-refractivity contribution in [3.8, 4) is 11.1 Å². The summed E-state index contributed by atoms with van der Waals surface area (Å²) in [5.41, 5.74) is 1.82. The maximum absolute atomic E-state index is 13.7. The minimum atomic E-state index is -0.276. The van der Waals surface area contributed by atoms with E-state index in [9.17, 15) is 9.18 Å². The summed E-state index contributed by atoms with van der Waals surface area (Å²) >= 11 is 0. The SMILES string of the molecule is O=C(NC1CC1)c1cccc(-c2ccccc2F)c1. The molecule has 1 amide bonds. The monoisotopic (exact) mass is 255 g/mol. The van der Waals surface area contributed by atoms with Crippen LogP contribution < -0.4 is 5.32 Å². The number of hydrogen-bond donors (Lipinski definition) is 1. The van der Waals surface area contributed by atoms with Gasteiger partial charge in [-0.1, -0.05) is 30.3 Å². The molecule has 96 valence electrons. The van der Waals surface area contributed by atoms with Crippen molar-refractivity contribution in [1.29, 1.82) is 0 Å². The van der Waals surface area contributed by atoms with Gasteiger partial charge < -0.3 is 5.32 Å². The van der Waals surface area contributed by atoms with E-state index in [0.29, 0.717) is 17.2 Å². The van der Waals surface area contributed by atoms with Crippen molar-refractivity contribution in [3.63, 3.8) is 0 Å². The van der Waals surface area contributed by atoms with Crippen molar-refractivity contribution in [2.24, 2.45) is 0 Å². The predicted octanol–water partition coefficient (Wildman–Crippen LogP) is 3.38. The lowest BCUT2D eigenvalue weighted by Gasteiger charge is -2.07. The normalized spacial score (nSPS) is 14.2. The lowest BCUT2D eigenvalue weighted by Crippen LogP contribution is -2.25. The second-order valence-corrected chi connectivity index (χ2v) is 4.81. The zero-order chi connectivity index (χ0) is 13.2. The molecule has 0 aromatic heterocycles. The van der Waals surface area contributed by atoms with Crippen LogP contribution in [0.5, 0.6) is 0 Å². The Morgan fingerprint density at radius 2 is 1.89 bits per heavy atom. The van der Waals surface area contributed by atoms with Gasteiger partial charge in [0.05, 0.1) is 0 Å². The van der Waals surface area contributed by atoms with E-state index in [0.717, 1.165) is 18.4 Å². The van der Waals surface area contributed by atoms with Gasteiger partial charge in [0, 0.05) is 17.2 Å². The summed E-state index contributed by atoms with van der Waals surface area (Å²) in [5, 5.41) is 2.93. The van der Waals surface area contributed by atoms with Gasteiger partial charge in [0.25, 0.3) is 5.91 Å². The molecule has 0 radical (unpaired) electrons. The van der Waals surface area contributed by atoms with Gasteiger partial charge in [0.1, 0.15) is 5.82 Å². The van der Waals surface area contributed by atoms with Crippen LogP contribution >= 0.6 is 0 Å². The lowest BCUT2D eigenvalue weighted by molar-refractivity contribution is 0.0951. The van der Waals surface area contributed by atoms with Crippen LogP contribution in [0.25, 0.3) is 11.1 Å². The average Bonchev–Trinajstić information content (AvgIpc) is 3.23. The van der Waals surface area contributed by atoms with Crippen LogP contribution in [0.4, 0.5) is 4.39 Å². The molecule has 2 aromatic carbocycles. The Morgan fingerprint density at radius 1 is 1.11 bits per heavy atom. The van der Waals surface area contributed by atoms with Crippen molar-refractivity contribution >= 4 is 5.91 Å². The van der Waals surface area contributed by atoms with Crippen molar-refractivity contribution in [3.05, 3.63) is 59.9 Å². The number of halogens is 1. The fraction of sp³-hybridized carbons (Fsp3) is 0.188. The van der Waals surface area contributed by atoms with Crippen LogP contribution in [-0.2, 0) is 0 Å². The molecule has 0 aliphatic heterocycles. The lowest BCUT2D eigenvalue weighted by atomic mass is 10.0. The van der Waals surface area contributed by atoms with Gasteiger partial charge in [-0.15, -0.1) is 0 Å². The first-order valence-corrected chi connectivity index (χ1v) is 6.40. The summed E-state index contributed by atoms with van der Waals surface area (Å²) in [4.78, 5) is 12.0. The largest absolute Gasteiger partial charge is 0.349 e. The maximum Gasteiger partial charge on any atom is 0.251 e. The molecule has 19 heavy (non-hydrogen) atoms. The number of rotatable bonds is 3. The van der Waals surface area contributed by atoms with Crippen molar-refractivity contribution in [2.75, 3.05) is 0 Å². The summed E-state index contributed by atoms with van der Waals surface area (Å²) in [6.07, 6.45) is 2.11. The fourth-order valence-corrected chi connectivity index (χ4v) is 2.02. The van der Waals surface area contributed by atoms with Gasteiger partial charge >= 0.3 is 0 Å². The number of carbonyl (C=O) groups is 1. The summed E-state index contributed by atoms with van der Waals surface area (Å²) in [6.45, 7) is 0. The molecule has 0 spiro atoms. The zero-order valence-corrected chi connectivity index (χ0v) is 10.4. The van der Waals surface area contributed by atoms with E-state index in [1.165, 1.54) is 6.07 Å². The summed E-state index contributed by atoms with van der Waals surface area (Å²) in [6, 6.07) is 14.0. The van der Waals surface area contributed by atoms with E-state index < -0.39 is 0 Å². The van der Waals surface area contributed by atoms with Gasteiger partial charge in [0.15, 0.2) is 0 Å². The van der Waals surface area contributed by atoms with E-state index in [1.807, 2.05) is 6.07 Å². The molecule has 3 rings (SSSR count). The Balaban J connectivity index is 1.91. The van der Waals surface area contributed by atoms with Crippen LogP contribution in [0.2, 0.25) is 0 Å². The molecule has 0 heterocycles. The van der Waals surface area contributed by atoms with Gasteiger partial charge in [-0.05, 0) is 36.6 Å². The third kappa shape index (κ3) is 2.65. The summed E-state index contributed by atoms with van der Waals surface area (Å²) < 4.78 is 13.7. The number of nitrogens with one attached hydrogen (secondary N) is 1. The topological polar surface area (TPSA) is 29.1 Å². The summed E-state index contributed by atoms with van der Waals surface area (Å²) in [7, 11) is 0. The molecule has 1 aliphatic carbocycles. The van der Waals surface area contributed by atoms with Crippen molar-refractivity contribution in [1.82, 2.24) is 5.32 Å². The van der Waals surface area contributed by atoms with Gasteiger partial charge in [-0.3, -0.25) is 4.79 Å². The zero-order valence-electron chi connectivity index (χ0n) is 10.4. The van der Waals surface area contributed by atoms with Crippen molar-refractivity contribution in [2.45, 2.75) is 18.9 Å². The molecule has 0 unspecified atom stereocenters. The Morgan fingerprint density at radius 3 is 2.63 bits per heavy atom. The molecule has 1 N–H and O–H groups in total. The van der Waals surface area contributed by atoms with Gasteiger partial charge in [0.2, 0.25) is 0 Å². The highest BCUT2D eigenvalue weighted by Crippen LogP contribution is 2.24. The van der Waals surface area contributed by atoms with E-state index in [1.54, 1.807) is 36.4 Å². The second-order valence-electron chi connectivity index (χ2n) is 4.81. The molecule has 1 aliphatic rings. The van der Waals surface area contributed by atoms with Crippen LogP contribution in [0.1, 0.15) is 23.2 Å². The van der Waals surface area contributed by atoms with Crippen LogP contribution in [-0.4, -0.2) is 11.9 Å². The molecule has 0 bridgehead atoms. The molecule has 2 nitrogen and oxygen atoms in total. The average molecular weight is 255 g/mol. The number of benzene rings is 2. The number of amides is 1. The molecule has 0 atom stereocenters. The third-order valence-corrected chi connectivity index (χ3v) is 3.22. The van der Waals surface area contributed by atoms with Crippen molar-refractivity contribution < 1.29 is 9.18 Å². The standard InChI is InChI=1S/C16H14FNO/c17-15-7-2-1-6-14(15)11-4-3-5-12(10-11)16(19)18-13-8-9-13/h1-7,10,13H,8-9H2,(H,18,19). The van der Waals surface area contributed by atoms with E-state index in [2.05, 4.69) is 5.32 Å². The maximum atomic E-state index is 13.7. The second kappa shape index (κ2) is 4.84. The van der Waals surface area contributed by atoms with Gasteiger partial charge in [-0.2, -0.15) is 0 Å². The smallest absolute Gasteiger partial charge is 0.251 e. The number of carbonyl (C=O) groups excluding carboxylic acids is 1. The minimum absolute atomic E-state index is 0.0827. The first-order chi connectivity index (χ1) is 9.24. The fourth-order valence-electron chi connectivity index (χ4n) is 2.02. The Bertz CT molecular complexity index is 620. The highest BCUT2D eigenvalue weighted by Gasteiger charge is 2.23. The molecule has 3 heteroatoms. The molecule has 2 aromatic rings. The molecule has 1 saturated carbocycles. The third-order valence-electron chi connectivity index (χ3n) is 3.22. The molecule has 1 fully saturated rings. The predicted molar refractivity (Wildman–Crippen MR) is 72.3 cm³/mol. The Kier molecular flexibility index (Phi) is 3.03. The van der Waals surface area contributed by atoms with Crippen LogP contribution in [0.3, 0.4) is 0 Å². The molecular formula is C16H14FNO. The van der Waals surface area contributed by atoms with Crippen LogP contribution in [0, 0.1) is 5.82 Å². The Hall–Kier alpha value is -2.16. The van der Waals surface area contributed by atoms with Crippen LogP contribution in [0.15, 0.2) is 48.5 Å². The Labute approximate surface area is 111 Å². The van der Waals surface area contributed by atoms with E-state index in [-0.39, 0.29) is 11.7 Å². The first-order valence-electron chi connectivity index (χ1n) is 6.40. The molecular weight excluding hydrogens is 241 g/mol. The van der Waals surface area contributed by atoms with Gasteiger partial charge in [-0.25, -0.2) is 4.39 Å². The highest BCUT2D eigenvalue weighted by atomic mass is 19.1. The molecule has 0 saturated heterocycles. The van der Waals surface area contributed by atoms with E-state index in [4.69, 9.17) is 0 Å². The number of hydrogen-bond acceptors (Lipinski definition) is 1. The first kappa shape index (κ1) is 11.9. The summed E-state index contributed by atoms with van der Waals surface area (Å²) in [5.74, 6) is -0.358. The minimum Gasteiger partial charge on any atom is -0.349 e. The van der Waals surface area contributed by atoms with E-state index >= 15 is 0 Å². The highest BCUT2D eigenvalue weighted by molar-refractivity contribution is 5.95. The quantitative estimate of drug-likeness (QED) is 0.895.